The molecule has 0 amide bonds. The molecule has 0 spiro atoms. The lowest BCUT2D eigenvalue weighted by atomic mass is 10.1. The third-order valence-corrected chi connectivity index (χ3v) is 4.24. The standard InChI is InChI=1S/C19H21FN2O3/c20-17-5-6-18(22-7-9-25-10-8-22)16(11-17)13-21-12-14-1-3-15(4-2-14)19(23)24/h1-6,11,21H,7-10,12-13H2,(H,23,24). The zero-order chi connectivity index (χ0) is 17.6. The number of ether oxygens (including phenoxy) is 1. The SMILES string of the molecule is O=C(O)c1ccc(CNCc2cc(F)ccc2N2CCOCC2)cc1. The van der Waals surface area contributed by atoms with Gasteiger partial charge in [0.15, 0.2) is 0 Å². The van der Waals surface area contributed by atoms with Crippen molar-refractivity contribution in [2.24, 2.45) is 0 Å². The lowest BCUT2D eigenvalue weighted by molar-refractivity contribution is 0.0697. The van der Waals surface area contributed by atoms with Crippen molar-refractivity contribution in [2.75, 3.05) is 31.2 Å². The number of halogens is 1. The molecule has 0 radical (unpaired) electrons. The highest BCUT2D eigenvalue weighted by atomic mass is 19.1. The lowest BCUT2D eigenvalue weighted by Crippen LogP contribution is -2.37. The van der Waals surface area contributed by atoms with Crippen molar-refractivity contribution in [3.05, 3.63) is 65.0 Å². The van der Waals surface area contributed by atoms with Gasteiger partial charge in [-0.3, -0.25) is 0 Å². The molecular weight excluding hydrogens is 323 g/mol. The summed E-state index contributed by atoms with van der Waals surface area (Å²) in [7, 11) is 0. The number of hydrogen-bond acceptors (Lipinski definition) is 4. The van der Waals surface area contributed by atoms with Crippen LogP contribution in [-0.2, 0) is 17.8 Å². The van der Waals surface area contributed by atoms with E-state index < -0.39 is 5.97 Å². The number of carboxylic acid groups (broad SMARTS) is 1. The summed E-state index contributed by atoms with van der Waals surface area (Å²) in [6, 6.07) is 11.6. The van der Waals surface area contributed by atoms with Crippen LogP contribution in [-0.4, -0.2) is 37.4 Å². The number of carboxylic acids is 1. The Morgan fingerprint density at radius 2 is 1.84 bits per heavy atom. The van der Waals surface area contributed by atoms with E-state index in [0.29, 0.717) is 26.3 Å². The lowest BCUT2D eigenvalue weighted by Gasteiger charge is -2.30. The van der Waals surface area contributed by atoms with Crippen molar-refractivity contribution in [3.63, 3.8) is 0 Å². The van der Waals surface area contributed by atoms with Crippen LogP contribution in [0.1, 0.15) is 21.5 Å². The Morgan fingerprint density at radius 1 is 1.12 bits per heavy atom. The van der Waals surface area contributed by atoms with E-state index in [0.717, 1.165) is 29.9 Å². The second kappa shape index (κ2) is 8.09. The van der Waals surface area contributed by atoms with Crippen molar-refractivity contribution in [1.82, 2.24) is 5.32 Å². The first-order valence-electron chi connectivity index (χ1n) is 8.27. The Kier molecular flexibility index (Phi) is 5.63. The number of nitrogens with zero attached hydrogens (tertiary/aromatic N) is 1. The molecule has 1 saturated heterocycles. The Morgan fingerprint density at radius 3 is 2.52 bits per heavy atom. The molecule has 0 bridgehead atoms. The number of aromatic carboxylic acids is 1. The fourth-order valence-electron chi connectivity index (χ4n) is 2.92. The highest BCUT2D eigenvalue weighted by molar-refractivity contribution is 5.87. The van der Waals surface area contributed by atoms with E-state index in [4.69, 9.17) is 9.84 Å². The van der Waals surface area contributed by atoms with Crippen LogP contribution in [0.2, 0.25) is 0 Å². The highest BCUT2D eigenvalue weighted by Crippen LogP contribution is 2.23. The average Bonchev–Trinajstić information content (AvgIpc) is 2.63. The third-order valence-electron chi connectivity index (χ3n) is 4.24. The van der Waals surface area contributed by atoms with Crippen LogP contribution in [0, 0.1) is 5.82 Å². The van der Waals surface area contributed by atoms with Gasteiger partial charge >= 0.3 is 5.97 Å². The molecule has 1 aliphatic heterocycles. The molecule has 0 atom stereocenters. The molecule has 3 rings (SSSR count). The summed E-state index contributed by atoms with van der Waals surface area (Å²) >= 11 is 0. The van der Waals surface area contributed by atoms with Crippen LogP contribution < -0.4 is 10.2 Å². The third kappa shape index (κ3) is 4.55. The zero-order valence-corrected chi connectivity index (χ0v) is 13.9. The Balaban J connectivity index is 1.64. The minimum absolute atomic E-state index is 0.250. The summed E-state index contributed by atoms with van der Waals surface area (Å²) in [5, 5.41) is 12.2. The summed E-state index contributed by atoms with van der Waals surface area (Å²) in [5.74, 6) is -1.19. The van der Waals surface area contributed by atoms with Crippen LogP contribution in [0.3, 0.4) is 0 Å². The molecule has 2 aromatic rings. The van der Waals surface area contributed by atoms with Gasteiger partial charge in [-0.25, -0.2) is 9.18 Å². The van der Waals surface area contributed by atoms with Gasteiger partial charge in [0.05, 0.1) is 18.8 Å². The van der Waals surface area contributed by atoms with Crippen molar-refractivity contribution in [3.8, 4) is 0 Å². The molecule has 0 unspecified atom stereocenters. The van der Waals surface area contributed by atoms with Gasteiger partial charge in [0, 0.05) is 31.9 Å². The summed E-state index contributed by atoms with van der Waals surface area (Å²) in [6.07, 6.45) is 0. The number of hydrogen-bond donors (Lipinski definition) is 2. The maximum Gasteiger partial charge on any atom is 0.335 e. The first-order chi connectivity index (χ1) is 12.1. The molecule has 0 aliphatic carbocycles. The number of nitrogens with one attached hydrogen (secondary N) is 1. The van der Waals surface area contributed by atoms with E-state index in [1.54, 1.807) is 30.3 Å². The molecule has 1 aliphatic rings. The second-order valence-corrected chi connectivity index (χ2v) is 5.98. The maximum atomic E-state index is 13.7. The van der Waals surface area contributed by atoms with Gasteiger partial charge < -0.3 is 20.1 Å². The summed E-state index contributed by atoms with van der Waals surface area (Å²) in [4.78, 5) is 13.1. The molecule has 2 N–H and O–H groups in total. The highest BCUT2D eigenvalue weighted by Gasteiger charge is 2.15. The normalized spacial score (nSPS) is 14.5. The smallest absolute Gasteiger partial charge is 0.335 e. The first kappa shape index (κ1) is 17.4. The average molecular weight is 344 g/mol. The Labute approximate surface area is 146 Å². The zero-order valence-electron chi connectivity index (χ0n) is 13.9. The number of rotatable bonds is 6. The van der Waals surface area contributed by atoms with Gasteiger partial charge in [-0.05, 0) is 41.5 Å². The van der Waals surface area contributed by atoms with Crippen molar-refractivity contribution >= 4 is 11.7 Å². The molecule has 1 heterocycles. The number of morpholine rings is 1. The summed E-state index contributed by atoms with van der Waals surface area (Å²) in [5.41, 5.74) is 3.18. The monoisotopic (exact) mass is 344 g/mol. The number of anilines is 1. The molecule has 132 valence electrons. The fourth-order valence-corrected chi connectivity index (χ4v) is 2.92. The van der Waals surface area contributed by atoms with E-state index in [9.17, 15) is 9.18 Å². The van der Waals surface area contributed by atoms with E-state index in [1.807, 2.05) is 6.07 Å². The molecule has 1 fully saturated rings. The van der Waals surface area contributed by atoms with Crippen molar-refractivity contribution in [1.29, 1.82) is 0 Å². The number of carbonyl (C=O) groups is 1. The summed E-state index contributed by atoms with van der Waals surface area (Å²) in [6.45, 7) is 4.08. The first-order valence-corrected chi connectivity index (χ1v) is 8.27. The molecule has 6 heteroatoms. The molecule has 5 nitrogen and oxygen atoms in total. The van der Waals surface area contributed by atoms with Crippen molar-refractivity contribution in [2.45, 2.75) is 13.1 Å². The summed E-state index contributed by atoms with van der Waals surface area (Å²) < 4.78 is 19.0. The predicted molar refractivity (Wildman–Crippen MR) is 93.4 cm³/mol. The quantitative estimate of drug-likeness (QED) is 0.844. The largest absolute Gasteiger partial charge is 0.478 e. The minimum Gasteiger partial charge on any atom is -0.478 e. The predicted octanol–water partition coefficient (Wildman–Crippen LogP) is 2.65. The number of benzene rings is 2. The van der Waals surface area contributed by atoms with E-state index >= 15 is 0 Å². The Bertz CT molecular complexity index is 728. The minimum atomic E-state index is -0.936. The molecular formula is C19H21FN2O3. The van der Waals surface area contributed by atoms with E-state index in [-0.39, 0.29) is 11.4 Å². The van der Waals surface area contributed by atoms with Crippen LogP contribution in [0.25, 0.3) is 0 Å². The Hall–Kier alpha value is -2.44. The topological polar surface area (TPSA) is 61.8 Å². The van der Waals surface area contributed by atoms with Crippen LogP contribution in [0.15, 0.2) is 42.5 Å². The van der Waals surface area contributed by atoms with Gasteiger partial charge in [-0.1, -0.05) is 12.1 Å². The van der Waals surface area contributed by atoms with Crippen LogP contribution in [0.4, 0.5) is 10.1 Å². The maximum absolute atomic E-state index is 13.7. The van der Waals surface area contributed by atoms with Gasteiger partial charge in [0.1, 0.15) is 5.82 Å². The molecule has 2 aromatic carbocycles. The van der Waals surface area contributed by atoms with Gasteiger partial charge in [0.25, 0.3) is 0 Å². The fraction of sp³-hybridized carbons (Fsp3) is 0.316. The van der Waals surface area contributed by atoms with Crippen molar-refractivity contribution < 1.29 is 19.0 Å². The van der Waals surface area contributed by atoms with Crippen LogP contribution >= 0.6 is 0 Å². The van der Waals surface area contributed by atoms with Gasteiger partial charge in [0.2, 0.25) is 0 Å². The van der Waals surface area contributed by atoms with E-state index in [1.165, 1.54) is 6.07 Å². The molecule has 0 saturated carbocycles. The van der Waals surface area contributed by atoms with Gasteiger partial charge in [-0.2, -0.15) is 0 Å². The molecule has 0 aromatic heterocycles. The van der Waals surface area contributed by atoms with Crippen LogP contribution in [0.5, 0.6) is 0 Å². The van der Waals surface area contributed by atoms with E-state index in [2.05, 4.69) is 10.2 Å². The molecule has 25 heavy (non-hydrogen) atoms. The second-order valence-electron chi connectivity index (χ2n) is 5.98. The van der Waals surface area contributed by atoms with Gasteiger partial charge in [-0.15, -0.1) is 0 Å².